The monoisotopic (exact) mass is 184 g/mol. The largest absolute Gasteiger partial charge is 0.378 e. The van der Waals surface area contributed by atoms with E-state index in [1.807, 2.05) is 6.92 Å². The summed E-state index contributed by atoms with van der Waals surface area (Å²) in [6.07, 6.45) is 2.42. The van der Waals surface area contributed by atoms with E-state index in [1.165, 1.54) is 5.57 Å². The van der Waals surface area contributed by atoms with Crippen molar-refractivity contribution in [3.05, 3.63) is 12.2 Å². The Bertz CT molecular complexity index is 182. The SMILES string of the molecule is C=C(C)CC(NN)C1COC(C)C1. The number of hydrogen-bond donors (Lipinski definition) is 2. The Balaban J connectivity index is 2.42. The van der Waals surface area contributed by atoms with E-state index in [2.05, 4.69) is 18.9 Å². The summed E-state index contributed by atoms with van der Waals surface area (Å²) in [6.45, 7) is 8.86. The Kier molecular flexibility index (Phi) is 3.90. The van der Waals surface area contributed by atoms with Gasteiger partial charge in [0.15, 0.2) is 0 Å². The van der Waals surface area contributed by atoms with E-state index in [0.717, 1.165) is 19.4 Å². The lowest BCUT2D eigenvalue weighted by Gasteiger charge is -2.21. The molecule has 76 valence electrons. The number of ether oxygens (including phenoxy) is 1. The molecule has 0 amide bonds. The first-order valence-corrected chi connectivity index (χ1v) is 4.85. The van der Waals surface area contributed by atoms with Crippen LogP contribution in [0.1, 0.15) is 26.7 Å². The lowest BCUT2D eigenvalue weighted by Crippen LogP contribution is -2.41. The number of hydrazine groups is 1. The first-order valence-electron chi connectivity index (χ1n) is 4.85. The van der Waals surface area contributed by atoms with Gasteiger partial charge in [-0.05, 0) is 26.7 Å². The summed E-state index contributed by atoms with van der Waals surface area (Å²) >= 11 is 0. The first kappa shape index (κ1) is 10.7. The quantitative estimate of drug-likeness (QED) is 0.392. The molecule has 0 saturated carbocycles. The molecule has 1 rings (SSSR count). The minimum atomic E-state index is 0.322. The fraction of sp³-hybridized carbons (Fsp3) is 0.800. The molecule has 0 aliphatic carbocycles. The van der Waals surface area contributed by atoms with Crippen molar-refractivity contribution in [1.29, 1.82) is 0 Å². The van der Waals surface area contributed by atoms with Crippen LogP contribution >= 0.6 is 0 Å². The van der Waals surface area contributed by atoms with Gasteiger partial charge < -0.3 is 4.74 Å². The summed E-state index contributed by atoms with van der Waals surface area (Å²) < 4.78 is 5.50. The van der Waals surface area contributed by atoms with E-state index in [9.17, 15) is 0 Å². The van der Waals surface area contributed by atoms with Crippen LogP contribution in [0.2, 0.25) is 0 Å². The molecule has 0 aromatic heterocycles. The highest BCUT2D eigenvalue weighted by Crippen LogP contribution is 2.24. The van der Waals surface area contributed by atoms with Crippen LogP contribution in [-0.2, 0) is 4.74 Å². The number of rotatable bonds is 4. The van der Waals surface area contributed by atoms with Gasteiger partial charge in [0.05, 0.1) is 12.7 Å². The number of hydrogen-bond acceptors (Lipinski definition) is 3. The Morgan fingerprint density at radius 2 is 2.46 bits per heavy atom. The molecule has 13 heavy (non-hydrogen) atoms. The molecule has 3 atom stereocenters. The third-order valence-corrected chi connectivity index (χ3v) is 2.58. The Hall–Kier alpha value is -0.380. The molecule has 3 N–H and O–H groups in total. The van der Waals surface area contributed by atoms with Gasteiger partial charge in [0.1, 0.15) is 0 Å². The van der Waals surface area contributed by atoms with Crippen LogP contribution in [0.5, 0.6) is 0 Å². The maximum atomic E-state index is 5.50. The van der Waals surface area contributed by atoms with Gasteiger partial charge in [0.2, 0.25) is 0 Å². The molecular formula is C10H20N2O. The molecule has 0 spiro atoms. The van der Waals surface area contributed by atoms with Crippen molar-refractivity contribution in [2.24, 2.45) is 11.8 Å². The van der Waals surface area contributed by atoms with Crippen molar-refractivity contribution in [1.82, 2.24) is 5.43 Å². The minimum Gasteiger partial charge on any atom is -0.378 e. The van der Waals surface area contributed by atoms with Crippen LogP contribution in [0.4, 0.5) is 0 Å². The maximum Gasteiger partial charge on any atom is 0.0551 e. The highest BCUT2D eigenvalue weighted by atomic mass is 16.5. The predicted octanol–water partition coefficient (Wildman–Crippen LogP) is 1.21. The highest BCUT2D eigenvalue weighted by molar-refractivity contribution is 4.95. The molecule has 0 aromatic rings. The van der Waals surface area contributed by atoms with Crippen LogP contribution in [0.15, 0.2) is 12.2 Å². The van der Waals surface area contributed by atoms with E-state index in [-0.39, 0.29) is 0 Å². The minimum absolute atomic E-state index is 0.322. The van der Waals surface area contributed by atoms with Gasteiger partial charge in [-0.15, -0.1) is 6.58 Å². The summed E-state index contributed by atoms with van der Waals surface area (Å²) in [5, 5.41) is 0. The van der Waals surface area contributed by atoms with Gasteiger partial charge in [-0.25, -0.2) is 0 Å². The summed E-state index contributed by atoms with van der Waals surface area (Å²) in [7, 11) is 0. The molecule has 1 saturated heterocycles. The number of nitrogens with two attached hydrogens (primary N) is 1. The normalized spacial score (nSPS) is 30.4. The van der Waals surface area contributed by atoms with Crippen molar-refractivity contribution in [3.8, 4) is 0 Å². The van der Waals surface area contributed by atoms with Gasteiger partial charge in [0, 0.05) is 12.0 Å². The zero-order valence-electron chi connectivity index (χ0n) is 8.55. The summed E-state index contributed by atoms with van der Waals surface area (Å²) in [5.74, 6) is 6.04. The smallest absolute Gasteiger partial charge is 0.0551 e. The zero-order chi connectivity index (χ0) is 9.84. The first-order chi connectivity index (χ1) is 6.13. The second-order valence-electron chi connectivity index (χ2n) is 4.07. The Morgan fingerprint density at radius 1 is 1.77 bits per heavy atom. The third kappa shape index (κ3) is 3.10. The molecule has 0 bridgehead atoms. The van der Waals surface area contributed by atoms with Crippen LogP contribution in [-0.4, -0.2) is 18.8 Å². The fourth-order valence-electron chi connectivity index (χ4n) is 1.87. The lowest BCUT2D eigenvalue weighted by atomic mass is 9.93. The van der Waals surface area contributed by atoms with Crippen molar-refractivity contribution >= 4 is 0 Å². The molecular weight excluding hydrogens is 164 g/mol. The summed E-state index contributed by atoms with van der Waals surface area (Å²) in [4.78, 5) is 0. The predicted molar refractivity (Wildman–Crippen MR) is 54.1 cm³/mol. The standard InChI is InChI=1S/C10H20N2O/c1-7(2)4-10(12-11)9-5-8(3)13-6-9/h8-10,12H,1,4-6,11H2,2-3H3. The van der Waals surface area contributed by atoms with Gasteiger partial charge in [-0.3, -0.25) is 11.3 Å². The molecule has 0 aromatic carbocycles. The van der Waals surface area contributed by atoms with Gasteiger partial charge in [-0.2, -0.15) is 0 Å². The van der Waals surface area contributed by atoms with Crippen LogP contribution < -0.4 is 11.3 Å². The van der Waals surface area contributed by atoms with Crippen molar-refractivity contribution < 1.29 is 4.74 Å². The van der Waals surface area contributed by atoms with Crippen LogP contribution in [0.25, 0.3) is 0 Å². The van der Waals surface area contributed by atoms with Crippen molar-refractivity contribution in [3.63, 3.8) is 0 Å². The average Bonchev–Trinajstić information content (AvgIpc) is 2.47. The third-order valence-electron chi connectivity index (χ3n) is 2.58. The second-order valence-corrected chi connectivity index (χ2v) is 4.07. The molecule has 3 unspecified atom stereocenters. The summed E-state index contributed by atoms with van der Waals surface area (Å²) in [6, 6.07) is 0.322. The second kappa shape index (κ2) is 4.74. The molecule has 3 nitrogen and oxygen atoms in total. The van der Waals surface area contributed by atoms with E-state index >= 15 is 0 Å². The molecule has 1 aliphatic rings. The van der Waals surface area contributed by atoms with E-state index in [4.69, 9.17) is 10.6 Å². The van der Waals surface area contributed by atoms with Crippen LogP contribution in [0, 0.1) is 5.92 Å². The van der Waals surface area contributed by atoms with Gasteiger partial charge >= 0.3 is 0 Å². The van der Waals surface area contributed by atoms with E-state index in [1.54, 1.807) is 0 Å². The van der Waals surface area contributed by atoms with Crippen LogP contribution in [0.3, 0.4) is 0 Å². The average molecular weight is 184 g/mol. The molecule has 3 heteroatoms. The fourth-order valence-corrected chi connectivity index (χ4v) is 1.87. The van der Waals surface area contributed by atoms with Crippen molar-refractivity contribution in [2.75, 3.05) is 6.61 Å². The molecule has 1 fully saturated rings. The summed E-state index contributed by atoms with van der Waals surface area (Å²) in [5.41, 5.74) is 4.02. The highest BCUT2D eigenvalue weighted by Gasteiger charge is 2.28. The molecule has 1 aliphatic heterocycles. The van der Waals surface area contributed by atoms with E-state index in [0.29, 0.717) is 18.1 Å². The zero-order valence-corrected chi connectivity index (χ0v) is 8.55. The Labute approximate surface area is 80.3 Å². The topological polar surface area (TPSA) is 47.3 Å². The molecule has 1 heterocycles. The lowest BCUT2D eigenvalue weighted by molar-refractivity contribution is 0.117. The molecule has 0 radical (unpaired) electrons. The van der Waals surface area contributed by atoms with Gasteiger partial charge in [0.25, 0.3) is 0 Å². The van der Waals surface area contributed by atoms with Crippen molar-refractivity contribution in [2.45, 2.75) is 38.8 Å². The number of nitrogens with one attached hydrogen (secondary N) is 1. The van der Waals surface area contributed by atoms with E-state index < -0.39 is 0 Å². The van der Waals surface area contributed by atoms with Gasteiger partial charge in [-0.1, -0.05) is 5.57 Å². The Morgan fingerprint density at radius 3 is 2.85 bits per heavy atom. The maximum absolute atomic E-state index is 5.50.